The second kappa shape index (κ2) is 9.94. The largest absolute Gasteiger partial charge is 0.496 e. The summed E-state index contributed by atoms with van der Waals surface area (Å²) in [4.78, 5) is 17.4. The number of methoxy groups -OCH3 is 1. The maximum Gasteiger partial charge on any atom is 0.228 e. The van der Waals surface area contributed by atoms with Crippen LogP contribution in [0.2, 0.25) is 0 Å². The van der Waals surface area contributed by atoms with E-state index in [1.165, 1.54) is 24.8 Å². The third-order valence-corrected chi connectivity index (χ3v) is 7.26. The van der Waals surface area contributed by atoms with Gasteiger partial charge in [0.25, 0.3) is 0 Å². The average Bonchev–Trinajstić information content (AvgIpc) is 2.78. The Morgan fingerprint density at radius 3 is 2.55 bits per heavy atom. The molecule has 1 aromatic rings. The van der Waals surface area contributed by atoms with Crippen LogP contribution in [0.4, 0.5) is 0 Å². The molecule has 1 amide bonds. The molecule has 0 radical (unpaired) electrons. The second-order valence-corrected chi connectivity index (χ2v) is 8.97. The van der Waals surface area contributed by atoms with E-state index in [0.29, 0.717) is 18.9 Å². The summed E-state index contributed by atoms with van der Waals surface area (Å²) in [6.45, 7) is 4.53. The van der Waals surface area contributed by atoms with Gasteiger partial charge in [-0.2, -0.15) is 0 Å². The first-order valence-electron chi connectivity index (χ1n) is 11.3. The van der Waals surface area contributed by atoms with E-state index >= 15 is 0 Å². The van der Waals surface area contributed by atoms with Crippen LogP contribution >= 0.6 is 0 Å². The Morgan fingerprint density at radius 2 is 1.90 bits per heavy atom. The van der Waals surface area contributed by atoms with Gasteiger partial charge in [-0.1, -0.05) is 44.4 Å². The van der Waals surface area contributed by atoms with Crippen molar-refractivity contribution in [3.05, 3.63) is 29.8 Å². The number of rotatable bonds is 7. The molecule has 0 bridgehead atoms. The van der Waals surface area contributed by atoms with Crippen molar-refractivity contribution in [3.8, 4) is 5.75 Å². The van der Waals surface area contributed by atoms with Gasteiger partial charge in [-0.3, -0.25) is 4.79 Å². The number of aliphatic hydroxyl groups is 1. The molecule has 1 atom stereocenters. The number of hydrogen-bond acceptors (Lipinski definition) is 4. The van der Waals surface area contributed by atoms with Gasteiger partial charge in [0.15, 0.2) is 0 Å². The van der Waals surface area contributed by atoms with Crippen LogP contribution in [0.15, 0.2) is 24.3 Å². The molecule has 0 spiro atoms. The van der Waals surface area contributed by atoms with Crippen LogP contribution in [-0.2, 0) is 11.2 Å². The van der Waals surface area contributed by atoms with E-state index in [9.17, 15) is 9.90 Å². The van der Waals surface area contributed by atoms with Crippen LogP contribution in [0.3, 0.4) is 0 Å². The Morgan fingerprint density at radius 1 is 1.24 bits per heavy atom. The van der Waals surface area contributed by atoms with Gasteiger partial charge < -0.3 is 19.6 Å². The Balaban J connectivity index is 1.50. The van der Waals surface area contributed by atoms with Gasteiger partial charge in [-0.25, -0.2) is 0 Å². The SMILES string of the molecule is COc1ccccc1CCN1CCC(O)(C(C)C(=O)N(C)C2CCCCC2)CC1. The molecule has 162 valence electrons. The standard InChI is InChI=1S/C24H38N2O3/c1-19(23(27)25(2)21-10-5-4-6-11-21)24(28)14-17-26(18-15-24)16-13-20-9-7-8-12-22(20)29-3/h7-9,12,19,21,28H,4-6,10-11,13-18H2,1-3H3. The predicted octanol–water partition coefficient (Wildman–Crippen LogP) is 3.49. The van der Waals surface area contributed by atoms with Crippen LogP contribution in [0, 0.1) is 5.92 Å². The molecule has 1 saturated heterocycles. The minimum Gasteiger partial charge on any atom is -0.496 e. The van der Waals surface area contributed by atoms with Crippen molar-refractivity contribution >= 4 is 5.91 Å². The molecule has 2 aliphatic rings. The summed E-state index contributed by atoms with van der Waals surface area (Å²) in [6, 6.07) is 8.50. The number of nitrogens with zero attached hydrogens (tertiary/aromatic N) is 2. The number of benzene rings is 1. The molecule has 29 heavy (non-hydrogen) atoms. The molecule has 2 fully saturated rings. The van der Waals surface area contributed by atoms with E-state index in [4.69, 9.17) is 4.74 Å². The van der Waals surface area contributed by atoms with Crippen LogP contribution < -0.4 is 4.74 Å². The fourth-order valence-electron chi connectivity index (χ4n) is 4.97. The number of likely N-dealkylation sites (tertiary alicyclic amines) is 1. The summed E-state index contributed by atoms with van der Waals surface area (Å²) in [6.07, 6.45) is 8.15. The molecule has 1 aliphatic carbocycles. The van der Waals surface area contributed by atoms with Crippen LogP contribution in [0.1, 0.15) is 57.4 Å². The van der Waals surface area contributed by atoms with Gasteiger partial charge in [0.1, 0.15) is 5.75 Å². The summed E-state index contributed by atoms with van der Waals surface area (Å²) in [5.74, 6) is 0.707. The lowest BCUT2D eigenvalue weighted by molar-refractivity contribution is -0.149. The molecule has 1 unspecified atom stereocenters. The zero-order valence-electron chi connectivity index (χ0n) is 18.4. The van der Waals surface area contributed by atoms with Crippen LogP contribution in [0.25, 0.3) is 0 Å². The molecule has 5 nitrogen and oxygen atoms in total. The minimum absolute atomic E-state index is 0.113. The molecule has 1 saturated carbocycles. The van der Waals surface area contributed by atoms with E-state index in [0.717, 1.165) is 44.6 Å². The molecular weight excluding hydrogens is 364 g/mol. The Labute approximate surface area is 176 Å². The number of ether oxygens (including phenoxy) is 1. The summed E-state index contributed by atoms with van der Waals surface area (Å²) >= 11 is 0. The molecule has 0 aromatic heterocycles. The number of piperidine rings is 1. The van der Waals surface area contributed by atoms with Crippen LogP contribution in [-0.4, -0.2) is 66.2 Å². The molecular formula is C24H38N2O3. The van der Waals surface area contributed by atoms with Crippen molar-refractivity contribution in [1.82, 2.24) is 9.80 Å². The Bertz CT molecular complexity index is 664. The highest BCUT2D eigenvalue weighted by molar-refractivity contribution is 5.79. The summed E-state index contributed by atoms with van der Waals surface area (Å²) < 4.78 is 5.45. The third kappa shape index (κ3) is 5.32. The molecule has 1 aliphatic heterocycles. The zero-order chi connectivity index (χ0) is 20.9. The molecule has 1 heterocycles. The average molecular weight is 403 g/mol. The van der Waals surface area contributed by atoms with Gasteiger partial charge in [0, 0.05) is 32.7 Å². The Kier molecular flexibility index (Phi) is 7.58. The summed E-state index contributed by atoms with van der Waals surface area (Å²) in [5, 5.41) is 11.2. The van der Waals surface area contributed by atoms with E-state index in [1.807, 2.05) is 37.1 Å². The molecule has 1 aromatic carbocycles. The third-order valence-electron chi connectivity index (χ3n) is 7.26. The van der Waals surface area contributed by atoms with Crippen molar-refractivity contribution in [3.63, 3.8) is 0 Å². The quantitative estimate of drug-likeness (QED) is 0.759. The summed E-state index contributed by atoms with van der Waals surface area (Å²) in [7, 11) is 3.64. The lowest BCUT2D eigenvalue weighted by Crippen LogP contribution is -2.54. The van der Waals surface area contributed by atoms with Crippen LogP contribution in [0.5, 0.6) is 5.75 Å². The van der Waals surface area contributed by atoms with E-state index < -0.39 is 5.60 Å². The number of amides is 1. The van der Waals surface area contributed by atoms with Crippen molar-refractivity contribution in [1.29, 1.82) is 0 Å². The fraction of sp³-hybridized carbons (Fsp3) is 0.708. The van der Waals surface area contributed by atoms with E-state index in [-0.39, 0.29) is 11.8 Å². The topological polar surface area (TPSA) is 53.0 Å². The lowest BCUT2D eigenvalue weighted by atomic mass is 9.79. The highest BCUT2D eigenvalue weighted by atomic mass is 16.5. The summed E-state index contributed by atoms with van der Waals surface area (Å²) in [5.41, 5.74) is 0.328. The lowest BCUT2D eigenvalue weighted by Gasteiger charge is -2.43. The minimum atomic E-state index is -0.888. The first-order chi connectivity index (χ1) is 13.9. The van der Waals surface area contributed by atoms with Crippen molar-refractivity contribution in [2.45, 2.75) is 69.9 Å². The highest BCUT2D eigenvalue weighted by Gasteiger charge is 2.42. The predicted molar refractivity (Wildman–Crippen MR) is 116 cm³/mol. The second-order valence-electron chi connectivity index (χ2n) is 8.97. The highest BCUT2D eigenvalue weighted by Crippen LogP contribution is 2.33. The first-order valence-corrected chi connectivity index (χ1v) is 11.3. The Hall–Kier alpha value is -1.59. The van der Waals surface area contributed by atoms with E-state index in [1.54, 1.807) is 7.11 Å². The number of carbonyl (C=O) groups is 1. The fourth-order valence-corrected chi connectivity index (χ4v) is 4.97. The van der Waals surface area contributed by atoms with Gasteiger partial charge in [0.05, 0.1) is 18.6 Å². The maximum atomic E-state index is 13.0. The number of para-hydroxylation sites is 1. The van der Waals surface area contributed by atoms with E-state index in [2.05, 4.69) is 11.0 Å². The van der Waals surface area contributed by atoms with Crippen molar-refractivity contribution < 1.29 is 14.6 Å². The molecule has 1 N–H and O–H groups in total. The van der Waals surface area contributed by atoms with Gasteiger partial charge in [-0.05, 0) is 43.7 Å². The van der Waals surface area contributed by atoms with Gasteiger partial charge >= 0.3 is 0 Å². The number of hydrogen-bond donors (Lipinski definition) is 1. The molecule has 3 rings (SSSR count). The van der Waals surface area contributed by atoms with Crippen molar-refractivity contribution in [2.24, 2.45) is 5.92 Å². The smallest absolute Gasteiger partial charge is 0.228 e. The number of carbonyl (C=O) groups excluding carboxylic acids is 1. The van der Waals surface area contributed by atoms with Gasteiger partial charge in [-0.15, -0.1) is 0 Å². The maximum absolute atomic E-state index is 13.0. The normalized spacial score (nSPS) is 21.5. The van der Waals surface area contributed by atoms with Crippen molar-refractivity contribution in [2.75, 3.05) is 33.8 Å². The zero-order valence-corrected chi connectivity index (χ0v) is 18.4. The first kappa shape index (κ1) is 22.1. The van der Waals surface area contributed by atoms with Gasteiger partial charge in [0.2, 0.25) is 5.91 Å². The monoisotopic (exact) mass is 402 g/mol. The molecule has 5 heteroatoms.